The van der Waals surface area contributed by atoms with Crippen LogP contribution >= 0.6 is 0 Å². The summed E-state index contributed by atoms with van der Waals surface area (Å²) in [4.78, 5) is 12.3. The van der Waals surface area contributed by atoms with Gasteiger partial charge in [-0.25, -0.2) is 4.98 Å². The number of nitrogens with one attached hydrogen (secondary N) is 1. The Morgan fingerprint density at radius 3 is 2.52 bits per heavy atom. The summed E-state index contributed by atoms with van der Waals surface area (Å²) in [6.07, 6.45) is -2.15. The largest absolute Gasteiger partial charge is 0.417 e. The summed E-state index contributed by atoms with van der Waals surface area (Å²) in [6.45, 7) is 5.76. The fourth-order valence-electron chi connectivity index (χ4n) is 2.53. The van der Waals surface area contributed by atoms with Crippen molar-refractivity contribution in [1.82, 2.24) is 24.6 Å². The van der Waals surface area contributed by atoms with E-state index in [1.54, 1.807) is 10.6 Å². The number of pyridine rings is 1. The zero-order valence-corrected chi connectivity index (χ0v) is 13.9. The number of hydrogen-bond acceptors (Lipinski definition) is 5. The molecular weight excluding hydrogens is 333 g/mol. The standard InChI is InChI=1S/C16H17F3N6/c1-9(2)14(12-5-4-11(7-20-12)16(17,18)19)24-13-6-10(3)23-15-21-8-22-25(13)15/h4-9,14,24H,1-3H3/t14-/m1/s1. The molecule has 0 saturated heterocycles. The maximum Gasteiger partial charge on any atom is 0.417 e. The van der Waals surface area contributed by atoms with Crippen LogP contribution in [0.3, 0.4) is 0 Å². The Balaban J connectivity index is 1.95. The lowest BCUT2D eigenvalue weighted by Gasteiger charge is -2.23. The van der Waals surface area contributed by atoms with Crippen LogP contribution in [0, 0.1) is 12.8 Å². The summed E-state index contributed by atoms with van der Waals surface area (Å²) in [5, 5.41) is 7.42. The molecule has 0 spiro atoms. The van der Waals surface area contributed by atoms with Gasteiger partial charge in [0.1, 0.15) is 12.1 Å². The average molecular weight is 350 g/mol. The van der Waals surface area contributed by atoms with Crippen molar-refractivity contribution in [1.29, 1.82) is 0 Å². The fraction of sp³-hybridized carbons (Fsp3) is 0.375. The zero-order chi connectivity index (χ0) is 18.2. The third-order valence-electron chi connectivity index (χ3n) is 3.78. The van der Waals surface area contributed by atoms with Crippen LogP contribution in [0.25, 0.3) is 5.78 Å². The summed E-state index contributed by atoms with van der Waals surface area (Å²) in [5.74, 6) is 1.18. The highest BCUT2D eigenvalue weighted by Crippen LogP contribution is 2.31. The Morgan fingerprint density at radius 1 is 1.16 bits per heavy atom. The molecule has 0 saturated carbocycles. The lowest BCUT2D eigenvalue weighted by atomic mass is 10.00. The maximum absolute atomic E-state index is 12.7. The number of anilines is 1. The molecule has 0 aliphatic carbocycles. The van der Waals surface area contributed by atoms with Gasteiger partial charge in [0.15, 0.2) is 0 Å². The number of fused-ring (bicyclic) bond motifs is 1. The van der Waals surface area contributed by atoms with E-state index >= 15 is 0 Å². The SMILES string of the molecule is Cc1cc(N[C@@H](c2ccc(C(F)(F)F)cn2)C(C)C)n2ncnc2n1. The lowest BCUT2D eigenvalue weighted by Crippen LogP contribution is -2.20. The van der Waals surface area contributed by atoms with Gasteiger partial charge in [0.2, 0.25) is 0 Å². The number of rotatable bonds is 4. The summed E-state index contributed by atoms with van der Waals surface area (Å²) in [7, 11) is 0. The molecule has 0 amide bonds. The summed E-state index contributed by atoms with van der Waals surface area (Å²) in [5.41, 5.74) is 0.508. The van der Waals surface area contributed by atoms with Gasteiger partial charge < -0.3 is 5.32 Å². The quantitative estimate of drug-likeness (QED) is 0.778. The predicted molar refractivity (Wildman–Crippen MR) is 86.0 cm³/mol. The van der Waals surface area contributed by atoms with Gasteiger partial charge >= 0.3 is 6.18 Å². The van der Waals surface area contributed by atoms with E-state index in [4.69, 9.17) is 0 Å². The second-order valence-electron chi connectivity index (χ2n) is 6.09. The van der Waals surface area contributed by atoms with Crippen LogP contribution < -0.4 is 5.32 Å². The highest BCUT2D eigenvalue weighted by atomic mass is 19.4. The lowest BCUT2D eigenvalue weighted by molar-refractivity contribution is -0.137. The number of halogens is 3. The molecule has 132 valence electrons. The third-order valence-corrected chi connectivity index (χ3v) is 3.78. The smallest absolute Gasteiger partial charge is 0.361 e. The Hall–Kier alpha value is -2.71. The first-order chi connectivity index (χ1) is 11.8. The van der Waals surface area contributed by atoms with Crippen LogP contribution in [0.5, 0.6) is 0 Å². The molecule has 0 aromatic carbocycles. The van der Waals surface area contributed by atoms with E-state index in [1.807, 2.05) is 20.8 Å². The predicted octanol–water partition coefficient (Wildman–Crippen LogP) is 3.66. The van der Waals surface area contributed by atoms with Crippen molar-refractivity contribution in [3.8, 4) is 0 Å². The van der Waals surface area contributed by atoms with E-state index < -0.39 is 11.7 Å². The summed E-state index contributed by atoms with van der Waals surface area (Å²) >= 11 is 0. The van der Waals surface area contributed by atoms with E-state index in [0.717, 1.165) is 18.0 Å². The van der Waals surface area contributed by atoms with Crippen LogP contribution in [0.1, 0.15) is 36.8 Å². The van der Waals surface area contributed by atoms with Gasteiger partial charge in [-0.3, -0.25) is 4.98 Å². The Morgan fingerprint density at radius 2 is 1.92 bits per heavy atom. The molecule has 0 fully saturated rings. The van der Waals surface area contributed by atoms with Gasteiger partial charge in [-0.05, 0) is 25.0 Å². The third kappa shape index (κ3) is 3.54. The van der Waals surface area contributed by atoms with Gasteiger partial charge in [-0.2, -0.15) is 27.8 Å². The summed E-state index contributed by atoms with van der Waals surface area (Å²) < 4.78 is 39.7. The number of aromatic nitrogens is 5. The number of alkyl halides is 3. The van der Waals surface area contributed by atoms with Gasteiger partial charge in [0.05, 0.1) is 17.3 Å². The van der Waals surface area contributed by atoms with Gasteiger partial charge in [0.25, 0.3) is 5.78 Å². The highest BCUT2D eigenvalue weighted by Gasteiger charge is 2.31. The normalized spacial score (nSPS) is 13.4. The van der Waals surface area contributed by atoms with E-state index in [0.29, 0.717) is 17.3 Å². The molecule has 3 rings (SSSR count). The molecular formula is C16H17F3N6. The first-order valence-electron chi connectivity index (χ1n) is 7.73. The molecule has 0 unspecified atom stereocenters. The first-order valence-corrected chi connectivity index (χ1v) is 7.73. The Kier molecular flexibility index (Phi) is 4.32. The van der Waals surface area contributed by atoms with Crippen LogP contribution in [-0.2, 0) is 6.18 Å². The molecule has 3 aromatic heterocycles. The molecule has 1 atom stereocenters. The van der Waals surface area contributed by atoms with Crippen molar-refractivity contribution < 1.29 is 13.2 Å². The number of nitrogens with zero attached hydrogens (tertiary/aromatic N) is 5. The molecule has 0 aliphatic rings. The number of aryl methyl sites for hydroxylation is 1. The zero-order valence-electron chi connectivity index (χ0n) is 13.9. The van der Waals surface area contributed by atoms with Gasteiger partial charge in [-0.15, -0.1) is 0 Å². The van der Waals surface area contributed by atoms with Crippen molar-refractivity contribution in [2.45, 2.75) is 33.0 Å². The van der Waals surface area contributed by atoms with Crippen molar-refractivity contribution in [3.63, 3.8) is 0 Å². The molecule has 3 heterocycles. The first kappa shape index (κ1) is 17.1. The van der Waals surface area contributed by atoms with E-state index in [2.05, 4.69) is 25.4 Å². The van der Waals surface area contributed by atoms with Crippen LogP contribution in [0.15, 0.2) is 30.7 Å². The van der Waals surface area contributed by atoms with Crippen LogP contribution in [-0.4, -0.2) is 24.6 Å². The van der Waals surface area contributed by atoms with Gasteiger partial charge in [-0.1, -0.05) is 13.8 Å². The number of hydrogen-bond donors (Lipinski definition) is 1. The van der Waals surface area contributed by atoms with E-state index in [9.17, 15) is 13.2 Å². The molecule has 0 bridgehead atoms. The minimum Gasteiger partial charge on any atom is -0.361 e. The van der Waals surface area contributed by atoms with Crippen molar-refractivity contribution >= 4 is 11.6 Å². The molecule has 3 aromatic rings. The second-order valence-corrected chi connectivity index (χ2v) is 6.09. The fourth-order valence-corrected chi connectivity index (χ4v) is 2.53. The second kappa shape index (κ2) is 6.30. The van der Waals surface area contributed by atoms with Crippen molar-refractivity contribution in [3.05, 3.63) is 47.7 Å². The topological polar surface area (TPSA) is 68.0 Å². The molecule has 6 nitrogen and oxygen atoms in total. The van der Waals surface area contributed by atoms with Crippen LogP contribution in [0.2, 0.25) is 0 Å². The van der Waals surface area contributed by atoms with Crippen molar-refractivity contribution in [2.75, 3.05) is 5.32 Å². The molecule has 0 aliphatic heterocycles. The molecule has 9 heteroatoms. The Labute approximate surface area is 142 Å². The Bertz CT molecular complexity index is 870. The van der Waals surface area contributed by atoms with E-state index in [1.165, 1.54) is 12.4 Å². The maximum atomic E-state index is 12.7. The minimum atomic E-state index is -4.40. The van der Waals surface area contributed by atoms with Crippen molar-refractivity contribution in [2.24, 2.45) is 5.92 Å². The summed E-state index contributed by atoms with van der Waals surface area (Å²) in [6, 6.07) is 3.95. The van der Waals surface area contributed by atoms with Crippen LogP contribution in [0.4, 0.5) is 19.0 Å². The monoisotopic (exact) mass is 350 g/mol. The average Bonchev–Trinajstić information content (AvgIpc) is 2.99. The minimum absolute atomic E-state index is 0.0799. The molecule has 0 radical (unpaired) electrons. The van der Waals surface area contributed by atoms with E-state index in [-0.39, 0.29) is 12.0 Å². The van der Waals surface area contributed by atoms with Gasteiger partial charge in [0, 0.05) is 18.0 Å². The highest BCUT2D eigenvalue weighted by molar-refractivity contribution is 5.46. The molecule has 25 heavy (non-hydrogen) atoms. The molecule has 1 N–H and O–H groups in total.